The van der Waals surface area contributed by atoms with E-state index in [-0.39, 0.29) is 17.1 Å². The van der Waals surface area contributed by atoms with Crippen LogP contribution in [0.4, 0.5) is 14.5 Å². The number of rotatable bonds is 6. The Morgan fingerprint density at radius 2 is 1.71 bits per heavy atom. The van der Waals surface area contributed by atoms with Crippen LogP contribution in [0.3, 0.4) is 0 Å². The lowest BCUT2D eigenvalue weighted by Crippen LogP contribution is -2.17. The van der Waals surface area contributed by atoms with Crippen LogP contribution in [0.1, 0.15) is 36.5 Å². The normalized spacial score (nSPS) is 11.9. The topological polar surface area (TPSA) is 72.1 Å². The third kappa shape index (κ3) is 4.01. The van der Waals surface area contributed by atoms with E-state index in [1.165, 1.54) is 12.1 Å². The van der Waals surface area contributed by atoms with Crippen molar-refractivity contribution < 1.29 is 18.7 Å². The van der Waals surface area contributed by atoms with E-state index in [0.29, 0.717) is 12.6 Å². The molecule has 6 nitrogen and oxygen atoms in total. The quantitative estimate of drug-likeness (QED) is 0.297. The first-order chi connectivity index (χ1) is 16.8. The first-order valence-electron chi connectivity index (χ1n) is 11.4. The number of para-hydroxylation sites is 3. The van der Waals surface area contributed by atoms with Crippen molar-refractivity contribution in [2.45, 2.75) is 32.7 Å². The maximum absolute atomic E-state index is 14.1. The van der Waals surface area contributed by atoms with E-state index < -0.39 is 17.5 Å². The number of halogens is 2. The minimum absolute atomic E-state index is 0.114. The molecular formula is C27H24F2N4O2. The third-order valence-corrected chi connectivity index (χ3v) is 5.98. The van der Waals surface area contributed by atoms with Crippen molar-refractivity contribution in [3.05, 3.63) is 84.2 Å². The zero-order valence-electron chi connectivity index (χ0n) is 19.3. The summed E-state index contributed by atoms with van der Waals surface area (Å²) in [5.74, 6) is -4.06. The van der Waals surface area contributed by atoms with E-state index in [2.05, 4.69) is 28.0 Å². The first-order valence-corrected chi connectivity index (χ1v) is 11.4. The molecule has 0 saturated carbocycles. The van der Waals surface area contributed by atoms with Gasteiger partial charge < -0.3 is 15.0 Å². The van der Waals surface area contributed by atoms with Crippen molar-refractivity contribution in [1.82, 2.24) is 14.3 Å². The molecule has 0 spiro atoms. The van der Waals surface area contributed by atoms with Gasteiger partial charge >= 0.3 is 0 Å². The summed E-state index contributed by atoms with van der Waals surface area (Å²) in [4.78, 5) is 13.3. The minimum Gasteiger partial charge on any atom is -0.506 e. The number of carbonyl (C=O) groups excluding carboxylic acids is 1. The van der Waals surface area contributed by atoms with Crippen LogP contribution in [0, 0.1) is 0 Å². The zero-order chi connectivity index (χ0) is 24.7. The van der Waals surface area contributed by atoms with E-state index in [1.807, 2.05) is 30.3 Å². The number of hydrogen-bond donors (Lipinski definition) is 2. The van der Waals surface area contributed by atoms with Gasteiger partial charge in [-0.15, -0.1) is 0 Å². The maximum Gasteiger partial charge on any atom is 0.288 e. The van der Waals surface area contributed by atoms with Crippen molar-refractivity contribution in [3.63, 3.8) is 0 Å². The largest absolute Gasteiger partial charge is 0.506 e. The van der Waals surface area contributed by atoms with Crippen LogP contribution in [0.5, 0.6) is 5.75 Å². The number of nitrogens with one attached hydrogen (secondary N) is 1. The Balaban J connectivity index is 1.57. The number of fused-ring (bicyclic) bond motifs is 3. The highest BCUT2D eigenvalue weighted by molar-refractivity contribution is 6.11. The molecule has 0 unspecified atom stereocenters. The van der Waals surface area contributed by atoms with Gasteiger partial charge in [0.1, 0.15) is 22.8 Å². The maximum atomic E-state index is 14.1. The number of aromatic nitrogens is 3. The van der Waals surface area contributed by atoms with Crippen LogP contribution in [-0.4, -0.2) is 25.4 Å². The standard InChI is InChI=1S/C27H24F2N4O2/c1-3-14-32-20-9-5-4-8-18(20)19-15-17(12-13-21(19)32)30-26(35)23-16-25(27(2,28)29)31-33(23)22-10-6-7-11-24(22)34/h4-13,15-16,34H,3,14H2,1-2H3,(H,30,35). The molecule has 0 atom stereocenters. The van der Waals surface area contributed by atoms with E-state index in [9.17, 15) is 18.7 Å². The number of anilines is 1. The number of aromatic hydroxyl groups is 1. The summed E-state index contributed by atoms with van der Waals surface area (Å²) in [5, 5.41) is 19.1. The predicted molar refractivity (Wildman–Crippen MR) is 132 cm³/mol. The van der Waals surface area contributed by atoms with Crippen LogP contribution in [0.2, 0.25) is 0 Å². The number of phenols is 1. The summed E-state index contributed by atoms with van der Waals surface area (Å²) < 4.78 is 31.4. The average molecular weight is 475 g/mol. The molecule has 0 aliphatic carbocycles. The average Bonchev–Trinajstić information content (AvgIpc) is 3.41. The molecule has 0 saturated heterocycles. The second-order valence-electron chi connectivity index (χ2n) is 8.56. The second kappa shape index (κ2) is 8.54. The number of benzene rings is 3. The Morgan fingerprint density at radius 3 is 2.46 bits per heavy atom. The molecule has 8 heteroatoms. The molecule has 178 valence electrons. The lowest BCUT2D eigenvalue weighted by Gasteiger charge is -2.10. The van der Waals surface area contributed by atoms with Gasteiger partial charge in [-0.2, -0.15) is 13.9 Å². The monoisotopic (exact) mass is 474 g/mol. The van der Waals surface area contributed by atoms with Gasteiger partial charge in [-0.05, 0) is 48.9 Å². The Labute approximate surface area is 200 Å². The fraction of sp³-hybridized carbons (Fsp3) is 0.185. The van der Waals surface area contributed by atoms with Crippen LogP contribution >= 0.6 is 0 Å². The van der Waals surface area contributed by atoms with Crippen LogP contribution in [-0.2, 0) is 12.5 Å². The molecule has 0 fully saturated rings. The zero-order valence-corrected chi connectivity index (χ0v) is 19.3. The van der Waals surface area contributed by atoms with Gasteiger partial charge in [-0.1, -0.05) is 37.3 Å². The molecule has 0 radical (unpaired) electrons. The van der Waals surface area contributed by atoms with Gasteiger partial charge in [0.2, 0.25) is 0 Å². The van der Waals surface area contributed by atoms with Gasteiger partial charge in [0.25, 0.3) is 11.8 Å². The van der Waals surface area contributed by atoms with Crippen molar-refractivity contribution in [3.8, 4) is 11.4 Å². The van der Waals surface area contributed by atoms with Crippen molar-refractivity contribution in [1.29, 1.82) is 0 Å². The fourth-order valence-electron chi connectivity index (χ4n) is 4.38. The van der Waals surface area contributed by atoms with Gasteiger partial charge in [-0.25, -0.2) is 4.68 Å². The highest BCUT2D eigenvalue weighted by Gasteiger charge is 2.31. The lowest BCUT2D eigenvalue weighted by molar-refractivity contribution is 0.0124. The number of nitrogens with zero attached hydrogens (tertiary/aromatic N) is 3. The minimum atomic E-state index is -3.26. The van der Waals surface area contributed by atoms with Crippen LogP contribution < -0.4 is 5.32 Å². The summed E-state index contributed by atoms with van der Waals surface area (Å²) in [5.41, 5.74) is 2.14. The van der Waals surface area contributed by atoms with E-state index >= 15 is 0 Å². The molecule has 2 heterocycles. The number of phenolic OH excluding ortho intramolecular Hbond substituents is 1. The van der Waals surface area contributed by atoms with Crippen LogP contribution in [0.25, 0.3) is 27.5 Å². The molecule has 3 aromatic carbocycles. The molecule has 5 aromatic rings. The molecule has 0 bridgehead atoms. The highest BCUT2D eigenvalue weighted by atomic mass is 19.3. The number of aryl methyl sites for hydroxylation is 1. The van der Waals surface area contributed by atoms with E-state index in [1.54, 1.807) is 18.2 Å². The summed E-state index contributed by atoms with van der Waals surface area (Å²) >= 11 is 0. The Kier molecular flexibility index (Phi) is 5.51. The van der Waals surface area contributed by atoms with Crippen molar-refractivity contribution in [2.75, 3.05) is 5.32 Å². The van der Waals surface area contributed by atoms with E-state index in [0.717, 1.165) is 45.5 Å². The molecular weight excluding hydrogens is 450 g/mol. The summed E-state index contributed by atoms with van der Waals surface area (Å²) in [7, 11) is 0. The molecule has 1 amide bonds. The SMILES string of the molecule is CCCn1c2ccccc2c2cc(NC(=O)c3cc(C(C)(F)F)nn3-c3ccccc3O)ccc21. The summed E-state index contributed by atoms with van der Waals surface area (Å²) in [6.45, 7) is 3.70. The number of alkyl halides is 2. The summed E-state index contributed by atoms with van der Waals surface area (Å²) in [6.07, 6.45) is 0.979. The van der Waals surface area contributed by atoms with E-state index in [4.69, 9.17) is 0 Å². The molecule has 2 aromatic heterocycles. The number of amides is 1. The highest BCUT2D eigenvalue weighted by Crippen LogP contribution is 2.33. The molecule has 0 aliphatic heterocycles. The number of hydrogen-bond acceptors (Lipinski definition) is 3. The Bertz CT molecular complexity index is 1560. The van der Waals surface area contributed by atoms with Gasteiger partial charge in [0.15, 0.2) is 0 Å². The van der Waals surface area contributed by atoms with Gasteiger partial charge in [-0.3, -0.25) is 4.79 Å². The lowest BCUT2D eigenvalue weighted by atomic mass is 10.1. The Hall–Kier alpha value is -4.20. The smallest absolute Gasteiger partial charge is 0.288 e. The van der Waals surface area contributed by atoms with Gasteiger partial charge in [0.05, 0.1) is 0 Å². The second-order valence-corrected chi connectivity index (χ2v) is 8.56. The predicted octanol–water partition coefficient (Wildman–Crippen LogP) is 6.46. The molecule has 5 rings (SSSR count). The van der Waals surface area contributed by atoms with Gasteiger partial charge in [0, 0.05) is 41.0 Å². The third-order valence-electron chi connectivity index (χ3n) is 5.98. The first kappa shape index (κ1) is 22.6. The Morgan fingerprint density at radius 1 is 1.00 bits per heavy atom. The molecule has 2 N–H and O–H groups in total. The van der Waals surface area contributed by atoms with Crippen molar-refractivity contribution >= 4 is 33.4 Å². The fourth-order valence-corrected chi connectivity index (χ4v) is 4.38. The molecule has 0 aliphatic rings. The van der Waals surface area contributed by atoms with Crippen molar-refractivity contribution in [2.24, 2.45) is 0 Å². The number of carbonyl (C=O) groups is 1. The molecule has 35 heavy (non-hydrogen) atoms. The summed E-state index contributed by atoms with van der Waals surface area (Å²) in [6, 6.07) is 20.9. The van der Waals surface area contributed by atoms with Crippen LogP contribution in [0.15, 0.2) is 72.8 Å².